The second-order valence-corrected chi connectivity index (χ2v) is 6.71. The summed E-state index contributed by atoms with van der Waals surface area (Å²) in [6, 6.07) is 16.6. The van der Waals surface area contributed by atoms with Gasteiger partial charge >= 0.3 is 0 Å². The number of nitrogens with zero attached hydrogens (tertiary/aromatic N) is 1. The maximum atomic E-state index is 5.92. The number of imidazole rings is 1. The SMILES string of the molecule is C[n+]1c(COc2ccc(C(C)(C)C)cc2)[nH]c2ccccc21. The minimum Gasteiger partial charge on any atom is -0.481 e. The molecule has 0 bridgehead atoms. The Morgan fingerprint density at radius 3 is 2.32 bits per heavy atom. The number of nitrogens with one attached hydrogen (secondary N) is 1. The van der Waals surface area contributed by atoms with Crippen LogP contribution in [0.5, 0.6) is 5.75 Å². The zero-order valence-corrected chi connectivity index (χ0v) is 13.7. The monoisotopic (exact) mass is 295 g/mol. The minimum absolute atomic E-state index is 0.169. The number of aryl methyl sites for hydroxylation is 1. The van der Waals surface area contributed by atoms with E-state index in [0.29, 0.717) is 6.61 Å². The summed E-state index contributed by atoms with van der Waals surface area (Å²) in [6.07, 6.45) is 0. The summed E-state index contributed by atoms with van der Waals surface area (Å²) in [7, 11) is 2.06. The van der Waals surface area contributed by atoms with Crippen molar-refractivity contribution < 1.29 is 9.30 Å². The molecule has 0 aliphatic carbocycles. The number of aromatic nitrogens is 2. The molecule has 0 saturated heterocycles. The van der Waals surface area contributed by atoms with Crippen LogP contribution < -0.4 is 9.30 Å². The van der Waals surface area contributed by atoms with Crippen LogP contribution in [0.2, 0.25) is 0 Å². The standard InChI is InChI=1S/C19H22N2O/c1-19(2,3)14-9-11-15(12-10-14)22-13-18-20-16-7-5-6-8-17(16)21(18)4/h5-12H,13H2,1-4H3/p+1. The molecule has 3 rings (SSSR count). The molecule has 0 unspecified atom stereocenters. The summed E-state index contributed by atoms with van der Waals surface area (Å²) in [5.41, 5.74) is 3.80. The zero-order chi connectivity index (χ0) is 15.7. The molecule has 22 heavy (non-hydrogen) atoms. The lowest BCUT2D eigenvalue weighted by Crippen LogP contribution is -2.32. The molecule has 1 aromatic heterocycles. The first-order chi connectivity index (χ1) is 10.4. The fourth-order valence-corrected chi connectivity index (χ4v) is 2.59. The second-order valence-electron chi connectivity index (χ2n) is 6.71. The maximum Gasteiger partial charge on any atom is 0.293 e. The normalized spacial score (nSPS) is 11.8. The van der Waals surface area contributed by atoms with Crippen molar-refractivity contribution in [3.05, 3.63) is 59.9 Å². The first kappa shape index (κ1) is 14.6. The molecule has 0 saturated carbocycles. The molecule has 114 valence electrons. The molecule has 0 atom stereocenters. The molecular formula is C19H23N2O+. The van der Waals surface area contributed by atoms with E-state index in [1.807, 2.05) is 24.3 Å². The van der Waals surface area contributed by atoms with Crippen LogP contribution in [-0.2, 0) is 19.1 Å². The van der Waals surface area contributed by atoms with E-state index in [1.54, 1.807) is 0 Å². The number of fused-ring (bicyclic) bond motifs is 1. The van der Waals surface area contributed by atoms with Crippen molar-refractivity contribution in [1.29, 1.82) is 0 Å². The van der Waals surface area contributed by atoms with E-state index in [2.05, 4.69) is 61.6 Å². The maximum absolute atomic E-state index is 5.92. The summed E-state index contributed by atoms with van der Waals surface area (Å²) >= 11 is 0. The molecule has 1 heterocycles. The Labute approximate surface area is 131 Å². The van der Waals surface area contributed by atoms with Crippen LogP contribution in [0.3, 0.4) is 0 Å². The lowest BCUT2D eigenvalue weighted by atomic mass is 9.87. The van der Waals surface area contributed by atoms with E-state index < -0.39 is 0 Å². The molecule has 3 heteroatoms. The number of rotatable bonds is 3. The first-order valence-corrected chi connectivity index (χ1v) is 7.64. The van der Waals surface area contributed by atoms with Crippen molar-refractivity contribution in [2.24, 2.45) is 7.05 Å². The van der Waals surface area contributed by atoms with Crippen LogP contribution in [-0.4, -0.2) is 4.98 Å². The number of hydrogen-bond donors (Lipinski definition) is 1. The van der Waals surface area contributed by atoms with Crippen LogP contribution in [0.15, 0.2) is 48.5 Å². The van der Waals surface area contributed by atoms with Gasteiger partial charge in [0, 0.05) is 0 Å². The molecule has 3 nitrogen and oxygen atoms in total. The third-order valence-corrected chi connectivity index (χ3v) is 4.05. The Hall–Kier alpha value is -2.29. The van der Waals surface area contributed by atoms with Crippen LogP contribution >= 0.6 is 0 Å². The Morgan fingerprint density at radius 2 is 1.68 bits per heavy atom. The van der Waals surface area contributed by atoms with Gasteiger partial charge in [0.2, 0.25) is 0 Å². The molecule has 0 fully saturated rings. The van der Waals surface area contributed by atoms with E-state index in [0.717, 1.165) is 17.1 Å². The molecule has 0 spiro atoms. The summed E-state index contributed by atoms with van der Waals surface area (Å²) in [5.74, 6) is 1.95. The van der Waals surface area contributed by atoms with Gasteiger partial charge in [-0.25, -0.2) is 9.55 Å². The number of hydrogen-bond acceptors (Lipinski definition) is 1. The lowest BCUT2D eigenvalue weighted by molar-refractivity contribution is -0.654. The van der Waals surface area contributed by atoms with Crippen LogP contribution in [0.4, 0.5) is 0 Å². The molecule has 0 radical (unpaired) electrons. The highest BCUT2D eigenvalue weighted by molar-refractivity contribution is 5.70. The molecule has 0 aliphatic heterocycles. The lowest BCUT2D eigenvalue weighted by Gasteiger charge is -2.19. The van der Waals surface area contributed by atoms with E-state index >= 15 is 0 Å². The Bertz CT molecular complexity index is 779. The zero-order valence-electron chi connectivity index (χ0n) is 13.7. The van der Waals surface area contributed by atoms with Gasteiger partial charge in [0.25, 0.3) is 5.82 Å². The first-order valence-electron chi connectivity index (χ1n) is 7.64. The number of ether oxygens (including phenoxy) is 1. The van der Waals surface area contributed by atoms with Crippen LogP contribution in [0.25, 0.3) is 11.0 Å². The van der Waals surface area contributed by atoms with Gasteiger partial charge in [-0.1, -0.05) is 45.0 Å². The predicted octanol–water partition coefficient (Wildman–Crippen LogP) is 3.87. The molecule has 1 N–H and O–H groups in total. The topological polar surface area (TPSA) is 28.9 Å². The van der Waals surface area contributed by atoms with Crippen molar-refractivity contribution in [3.8, 4) is 5.75 Å². The fourth-order valence-electron chi connectivity index (χ4n) is 2.59. The van der Waals surface area contributed by atoms with Gasteiger partial charge in [0.15, 0.2) is 17.6 Å². The van der Waals surface area contributed by atoms with Gasteiger partial charge in [-0.2, -0.15) is 0 Å². The predicted molar refractivity (Wildman–Crippen MR) is 88.9 cm³/mol. The Morgan fingerprint density at radius 1 is 1.00 bits per heavy atom. The summed E-state index contributed by atoms with van der Waals surface area (Å²) in [5, 5.41) is 0. The number of para-hydroxylation sites is 2. The summed E-state index contributed by atoms with van der Waals surface area (Å²) in [4.78, 5) is 3.41. The number of benzene rings is 2. The molecule has 0 aliphatic rings. The average molecular weight is 295 g/mol. The third kappa shape index (κ3) is 2.84. The quantitative estimate of drug-likeness (QED) is 0.730. The highest BCUT2D eigenvalue weighted by atomic mass is 16.5. The second kappa shape index (κ2) is 5.48. The highest BCUT2D eigenvalue weighted by Crippen LogP contribution is 2.24. The fraction of sp³-hybridized carbons (Fsp3) is 0.316. The van der Waals surface area contributed by atoms with Gasteiger partial charge in [-0.05, 0) is 35.2 Å². The van der Waals surface area contributed by atoms with E-state index in [9.17, 15) is 0 Å². The van der Waals surface area contributed by atoms with E-state index in [4.69, 9.17) is 4.74 Å². The van der Waals surface area contributed by atoms with E-state index in [-0.39, 0.29) is 5.41 Å². The van der Waals surface area contributed by atoms with Gasteiger partial charge < -0.3 is 4.74 Å². The van der Waals surface area contributed by atoms with E-state index in [1.165, 1.54) is 11.1 Å². The van der Waals surface area contributed by atoms with Crippen molar-refractivity contribution in [3.63, 3.8) is 0 Å². The third-order valence-electron chi connectivity index (χ3n) is 4.05. The van der Waals surface area contributed by atoms with Crippen molar-refractivity contribution in [1.82, 2.24) is 4.98 Å². The van der Waals surface area contributed by atoms with Gasteiger partial charge in [-0.15, -0.1) is 0 Å². The average Bonchev–Trinajstić information content (AvgIpc) is 2.82. The highest BCUT2D eigenvalue weighted by Gasteiger charge is 2.16. The smallest absolute Gasteiger partial charge is 0.293 e. The van der Waals surface area contributed by atoms with Crippen LogP contribution in [0.1, 0.15) is 32.2 Å². The molecule has 3 aromatic rings. The number of aromatic amines is 1. The van der Waals surface area contributed by atoms with Crippen LogP contribution in [0, 0.1) is 0 Å². The van der Waals surface area contributed by atoms with Crippen molar-refractivity contribution in [2.75, 3.05) is 0 Å². The van der Waals surface area contributed by atoms with Gasteiger partial charge in [0.1, 0.15) is 5.75 Å². The van der Waals surface area contributed by atoms with Crippen molar-refractivity contribution >= 4 is 11.0 Å². The number of H-pyrrole nitrogens is 1. The summed E-state index contributed by atoms with van der Waals surface area (Å²) in [6.45, 7) is 7.17. The van der Waals surface area contributed by atoms with Crippen molar-refractivity contribution in [2.45, 2.75) is 32.8 Å². The molecule has 2 aromatic carbocycles. The van der Waals surface area contributed by atoms with Gasteiger partial charge in [0.05, 0.1) is 7.05 Å². The summed E-state index contributed by atoms with van der Waals surface area (Å²) < 4.78 is 8.06. The minimum atomic E-state index is 0.169. The van der Waals surface area contributed by atoms with Gasteiger partial charge in [-0.3, -0.25) is 0 Å². The Balaban J connectivity index is 1.75. The Kier molecular flexibility index (Phi) is 3.65. The molecule has 0 amide bonds. The molecular weight excluding hydrogens is 272 g/mol. The largest absolute Gasteiger partial charge is 0.481 e.